The van der Waals surface area contributed by atoms with E-state index in [-0.39, 0.29) is 23.7 Å². The van der Waals surface area contributed by atoms with Crippen LogP contribution < -0.4 is 0 Å². The molecule has 0 N–H and O–H groups in total. The van der Waals surface area contributed by atoms with Gasteiger partial charge in [0.2, 0.25) is 0 Å². The molecule has 26 heavy (non-hydrogen) atoms. The van der Waals surface area contributed by atoms with Crippen molar-refractivity contribution in [3.05, 3.63) is 71.8 Å². The van der Waals surface area contributed by atoms with E-state index in [1.165, 1.54) is 0 Å². The molecule has 3 rings (SSSR count). The predicted molar refractivity (Wildman–Crippen MR) is 98.5 cm³/mol. The van der Waals surface area contributed by atoms with Crippen molar-refractivity contribution in [2.75, 3.05) is 0 Å². The number of benzene rings is 1. The van der Waals surface area contributed by atoms with Gasteiger partial charge in [0.25, 0.3) is 11.8 Å². The second kappa shape index (κ2) is 7.07. The molecule has 2 aromatic heterocycles. The summed E-state index contributed by atoms with van der Waals surface area (Å²) in [6.45, 7) is 7.97. The molecular weight excluding hydrogens is 328 g/mol. The number of nitrogens with zero attached hydrogens (tertiary/aromatic N) is 4. The molecule has 1 aromatic carbocycles. The van der Waals surface area contributed by atoms with Crippen LogP contribution >= 0.6 is 0 Å². The van der Waals surface area contributed by atoms with E-state index in [4.69, 9.17) is 0 Å². The van der Waals surface area contributed by atoms with Gasteiger partial charge in [0.1, 0.15) is 11.6 Å². The van der Waals surface area contributed by atoms with Gasteiger partial charge in [-0.15, -0.1) is 0 Å². The van der Waals surface area contributed by atoms with Crippen molar-refractivity contribution >= 4 is 11.8 Å². The van der Waals surface area contributed by atoms with Gasteiger partial charge in [-0.3, -0.25) is 18.7 Å². The van der Waals surface area contributed by atoms with Crippen LogP contribution in [0, 0.1) is 0 Å². The largest absolute Gasteiger partial charge is 0.269 e. The Labute approximate surface area is 152 Å². The van der Waals surface area contributed by atoms with Crippen LogP contribution in [0.1, 0.15) is 71.9 Å². The average Bonchev–Trinajstić information content (AvgIpc) is 3.29. The lowest BCUT2D eigenvalue weighted by molar-refractivity contribution is 0.0943. The topological polar surface area (TPSA) is 69.8 Å². The van der Waals surface area contributed by atoms with Gasteiger partial charge in [-0.25, -0.2) is 9.97 Å². The molecule has 0 saturated carbocycles. The third kappa shape index (κ3) is 3.22. The Morgan fingerprint density at radius 1 is 0.731 bits per heavy atom. The van der Waals surface area contributed by atoms with Gasteiger partial charge in [0.05, 0.1) is 0 Å². The summed E-state index contributed by atoms with van der Waals surface area (Å²) in [5.74, 6) is 1.41. The highest BCUT2D eigenvalue weighted by molar-refractivity contribution is 5.99. The van der Waals surface area contributed by atoms with Crippen molar-refractivity contribution in [1.29, 1.82) is 0 Å². The zero-order chi connectivity index (χ0) is 18.8. The summed E-state index contributed by atoms with van der Waals surface area (Å²) >= 11 is 0. The van der Waals surface area contributed by atoms with Gasteiger partial charge >= 0.3 is 0 Å². The fourth-order valence-electron chi connectivity index (χ4n) is 2.86. The minimum absolute atomic E-state index is 0.144. The number of imidazole rings is 2. The molecule has 3 aromatic rings. The normalized spacial score (nSPS) is 11.3. The van der Waals surface area contributed by atoms with Crippen LogP contribution in [0.2, 0.25) is 0 Å². The third-order valence-electron chi connectivity index (χ3n) is 4.19. The van der Waals surface area contributed by atoms with Gasteiger partial charge in [-0.1, -0.05) is 27.7 Å². The SMILES string of the molecule is CC(C)c1nccn1C(=O)c1ccc(C(=O)n2ccnc2C(C)C)cc1. The highest BCUT2D eigenvalue weighted by Gasteiger charge is 2.18. The molecule has 0 amide bonds. The predicted octanol–water partition coefficient (Wildman–Crippen LogP) is 3.70. The molecule has 0 fully saturated rings. The first-order chi connectivity index (χ1) is 12.4. The Hall–Kier alpha value is -3.02. The highest BCUT2D eigenvalue weighted by atomic mass is 16.2. The number of carbonyl (C=O) groups is 2. The molecule has 0 bridgehead atoms. The smallest absolute Gasteiger partial charge is 0.263 e. The van der Waals surface area contributed by atoms with Crippen molar-refractivity contribution in [2.45, 2.75) is 39.5 Å². The van der Waals surface area contributed by atoms with E-state index in [1.807, 2.05) is 27.7 Å². The quantitative estimate of drug-likeness (QED) is 0.719. The Morgan fingerprint density at radius 3 is 1.38 bits per heavy atom. The van der Waals surface area contributed by atoms with Crippen molar-refractivity contribution < 1.29 is 9.59 Å². The maximum Gasteiger partial charge on any atom is 0.263 e. The number of rotatable bonds is 4. The van der Waals surface area contributed by atoms with Gasteiger partial charge < -0.3 is 0 Å². The van der Waals surface area contributed by atoms with E-state index in [9.17, 15) is 9.59 Å². The van der Waals surface area contributed by atoms with Crippen LogP contribution in [0.25, 0.3) is 0 Å². The molecule has 134 valence electrons. The van der Waals surface area contributed by atoms with E-state index in [0.29, 0.717) is 11.1 Å². The van der Waals surface area contributed by atoms with Crippen LogP contribution in [-0.4, -0.2) is 30.9 Å². The first-order valence-electron chi connectivity index (χ1n) is 8.66. The van der Waals surface area contributed by atoms with E-state index in [2.05, 4.69) is 9.97 Å². The third-order valence-corrected chi connectivity index (χ3v) is 4.19. The summed E-state index contributed by atoms with van der Waals surface area (Å²) in [5, 5.41) is 0. The minimum Gasteiger partial charge on any atom is -0.269 e. The van der Waals surface area contributed by atoms with Crippen molar-refractivity contribution in [2.24, 2.45) is 0 Å². The van der Waals surface area contributed by atoms with E-state index in [0.717, 1.165) is 11.6 Å². The Morgan fingerprint density at radius 2 is 1.08 bits per heavy atom. The molecular formula is C20H22N4O2. The Bertz CT molecular complexity index is 856. The monoisotopic (exact) mass is 350 g/mol. The first-order valence-corrected chi connectivity index (χ1v) is 8.66. The number of hydrogen-bond donors (Lipinski definition) is 0. The van der Waals surface area contributed by atoms with Crippen LogP contribution in [-0.2, 0) is 0 Å². The van der Waals surface area contributed by atoms with Gasteiger partial charge in [0.15, 0.2) is 0 Å². The summed E-state index contributed by atoms with van der Waals surface area (Å²) in [5.41, 5.74) is 1.02. The lowest BCUT2D eigenvalue weighted by Gasteiger charge is -2.11. The second-order valence-corrected chi connectivity index (χ2v) is 6.81. The summed E-state index contributed by atoms with van der Waals surface area (Å²) in [6, 6.07) is 6.69. The Kier molecular flexibility index (Phi) is 4.84. The molecule has 0 spiro atoms. The summed E-state index contributed by atoms with van der Waals surface area (Å²) in [6.07, 6.45) is 6.57. The number of hydrogen-bond acceptors (Lipinski definition) is 4. The standard InChI is InChI=1S/C20H22N4O2/c1-13(2)17-21-9-11-23(17)19(25)15-5-7-16(8-6-15)20(26)24-12-10-22-18(24)14(3)4/h5-14H,1-4H3. The van der Waals surface area contributed by atoms with E-state index >= 15 is 0 Å². The summed E-state index contributed by atoms with van der Waals surface area (Å²) < 4.78 is 3.10. The summed E-state index contributed by atoms with van der Waals surface area (Å²) in [4.78, 5) is 33.9. The molecule has 0 aliphatic carbocycles. The molecule has 0 aliphatic heterocycles. The van der Waals surface area contributed by atoms with Crippen molar-refractivity contribution in [3.63, 3.8) is 0 Å². The molecule has 6 nitrogen and oxygen atoms in total. The zero-order valence-electron chi connectivity index (χ0n) is 15.4. The van der Waals surface area contributed by atoms with E-state index in [1.54, 1.807) is 58.2 Å². The molecule has 0 saturated heterocycles. The van der Waals surface area contributed by atoms with Gasteiger partial charge in [0, 0.05) is 47.8 Å². The maximum atomic E-state index is 12.7. The van der Waals surface area contributed by atoms with Gasteiger partial charge in [-0.05, 0) is 24.3 Å². The fraction of sp³-hybridized carbons (Fsp3) is 0.300. The zero-order valence-corrected chi connectivity index (χ0v) is 15.4. The number of aromatic nitrogens is 4. The first kappa shape index (κ1) is 17.8. The molecule has 2 heterocycles. The molecule has 6 heteroatoms. The summed E-state index contributed by atoms with van der Waals surface area (Å²) in [7, 11) is 0. The van der Waals surface area contributed by atoms with Crippen LogP contribution in [0.15, 0.2) is 49.1 Å². The number of carbonyl (C=O) groups excluding carboxylic acids is 2. The van der Waals surface area contributed by atoms with E-state index < -0.39 is 0 Å². The van der Waals surface area contributed by atoms with Gasteiger partial charge in [-0.2, -0.15) is 0 Å². The van der Waals surface area contributed by atoms with Crippen molar-refractivity contribution in [3.8, 4) is 0 Å². The average molecular weight is 350 g/mol. The minimum atomic E-state index is -0.157. The highest BCUT2D eigenvalue weighted by Crippen LogP contribution is 2.17. The van der Waals surface area contributed by atoms with Crippen LogP contribution in [0.5, 0.6) is 0 Å². The second-order valence-electron chi connectivity index (χ2n) is 6.81. The maximum absolute atomic E-state index is 12.7. The Balaban J connectivity index is 1.86. The fourth-order valence-corrected chi connectivity index (χ4v) is 2.86. The molecule has 0 atom stereocenters. The molecule has 0 unspecified atom stereocenters. The molecule has 0 radical (unpaired) electrons. The lowest BCUT2D eigenvalue weighted by atomic mass is 10.1. The lowest BCUT2D eigenvalue weighted by Crippen LogP contribution is -2.17. The van der Waals surface area contributed by atoms with Crippen LogP contribution in [0.3, 0.4) is 0 Å². The molecule has 0 aliphatic rings. The van der Waals surface area contributed by atoms with Crippen LogP contribution in [0.4, 0.5) is 0 Å². The van der Waals surface area contributed by atoms with Crippen molar-refractivity contribution in [1.82, 2.24) is 19.1 Å².